The van der Waals surface area contributed by atoms with Gasteiger partial charge in [0, 0.05) is 31.9 Å². The molecule has 9 heteroatoms. The van der Waals surface area contributed by atoms with Crippen LogP contribution in [-0.2, 0) is 23.9 Å². The Morgan fingerprint density at radius 3 is 2.44 bits per heavy atom. The number of fused-ring (bicyclic) bond motifs is 2. The van der Waals surface area contributed by atoms with E-state index in [1.165, 1.54) is 0 Å². The van der Waals surface area contributed by atoms with Crippen LogP contribution in [0.2, 0.25) is 0 Å². The van der Waals surface area contributed by atoms with Crippen LogP contribution >= 0.6 is 0 Å². The van der Waals surface area contributed by atoms with Crippen LogP contribution in [0.15, 0.2) is 22.5 Å². The van der Waals surface area contributed by atoms with E-state index < -0.39 is 11.6 Å². The lowest BCUT2D eigenvalue weighted by Crippen LogP contribution is -2.58. The van der Waals surface area contributed by atoms with Crippen molar-refractivity contribution in [2.75, 3.05) is 27.4 Å². The summed E-state index contributed by atoms with van der Waals surface area (Å²) in [6, 6.07) is -0.314. The number of allylic oxidation sites excluding steroid dienone is 2. The minimum Gasteiger partial charge on any atom is -0.395 e. The highest BCUT2D eigenvalue weighted by Gasteiger charge is 2.63. The Bertz CT molecular complexity index is 671. The van der Waals surface area contributed by atoms with Crippen LogP contribution in [0.5, 0.6) is 0 Å². The molecule has 0 aromatic carbocycles. The van der Waals surface area contributed by atoms with E-state index in [4.69, 9.17) is 25.7 Å². The van der Waals surface area contributed by atoms with Crippen LogP contribution in [-0.4, -0.2) is 62.0 Å². The molecule has 0 radical (unpaired) electrons. The number of primary amides is 1. The van der Waals surface area contributed by atoms with Crippen molar-refractivity contribution in [3.05, 3.63) is 22.5 Å². The molecule has 9 nitrogen and oxygen atoms in total. The number of carbonyl (C=O) groups excluding carboxylic acids is 3. The van der Waals surface area contributed by atoms with Gasteiger partial charge in [0.1, 0.15) is 0 Å². The third kappa shape index (κ3) is 2.46. The topological polar surface area (TPSA) is 151 Å². The lowest BCUT2D eigenvalue weighted by atomic mass is 9.81. The highest BCUT2D eigenvalue weighted by atomic mass is 16.5. The molecule has 0 aromatic heterocycles. The van der Waals surface area contributed by atoms with Crippen molar-refractivity contribution in [1.29, 1.82) is 0 Å². The predicted molar refractivity (Wildman–Crippen MR) is 88.6 cm³/mol. The van der Waals surface area contributed by atoms with Crippen molar-refractivity contribution in [2.45, 2.75) is 25.1 Å². The standard InChI is InChI=1S/C15H21N3O4.CH3NO/c1-7-11(17)14(20)10-8(6-21-2)15(22-3)9(16)4-5-18(15)12(10)13(7)19;2-1-3/h8-9H,4-6,16-17H2,1-3H3;1H,(H2,2,3)/t8-,9+,15-;/m1./s1. The Morgan fingerprint density at radius 1 is 1.32 bits per heavy atom. The minimum absolute atomic E-state index is 0.00542. The summed E-state index contributed by atoms with van der Waals surface area (Å²) in [6.07, 6.45) is 0.935. The quantitative estimate of drug-likeness (QED) is 0.405. The smallest absolute Gasteiger partial charge is 0.207 e. The van der Waals surface area contributed by atoms with Crippen LogP contribution in [0.4, 0.5) is 0 Å². The summed E-state index contributed by atoms with van der Waals surface area (Å²) in [6.45, 7) is 2.38. The Labute approximate surface area is 145 Å². The van der Waals surface area contributed by atoms with E-state index in [9.17, 15) is 9.59 Å². The molecule has 0 spiro atoms. The molecule has 6 N–H and O–H groups in total. The van der Waals surface area contributed by atoms with Gasteiger partial charge in [-0.2, -0.15) is 0 Å². The summed E-state index contributed by atoms with van der Waals surface area (Å²) in [4.78, 5) is 35.8. The van der Waals surface area contributed by atoms with Crippen LogP contribution in [0, 0.1) is 5.92 Å². The maximum atomic E-state index is 12.7. The molecule has 1 aliphatic carbocycles. The first kappa shape index (κ1) is 19.1. The molecular weight excluding hydrogens is 328 g/mol. The lowest BCUT2D eigenvalue weighted by molar-refractivity contribution is -0.140. The summed E-state index contributed by atoms with van der Waals surface area (Å²) in [5, 5.41) is 0. The number of amides is 1. The number of hydrogen-bond donors (Lipinski definition) is 3. The Hall–Kier alpha value is -2.23. The first-order chi connectivity index (χ1) is 11.8. The average Bonchev–Trinajstić information content (AvgIpc) is 3.06. The zero-order valence-electron chi connectivity index (χ0n) is 14.6. The maximum absolute atomic E-state index is 12.7. The fourth-order valence-electron chi connectivity index (χ4n) is 4.00. The fraction of sp³-hybridized carbons (Fsp3) is 0.562. The van der Waals surface area contributed by atoms with E-state index in [1.807, 2.05) is 4.90 Å². The van der Waals surface area contributed by atoms with Crippen LogP contribution in [0.25, 0.3) is 0 Å². The second-order valence-electron chi connectivity index (χ2n) is 6.11. The van der Waals surface area contributed by atoms with Crippen molar-refractivity contribution in [1.82, 2.24) is 4.90 Å². The third-order valence-electron chi connectivity index (χ3n) is 5.10. The number of Topliss-reactive ketones (excluding diaryl/α,β-unsaturated/α-hetero) is 2. The SMILES string of the molecule is COC[C@@H]1C2=C(C(=O)C(C)=C(N)C2=O)N2CC[C@H](N)[C@]12OC.NC=O. The van der Waals surface area contributed by atoms with Gasteiger partial charge in [-0.1, -0.05) is 0 Å². The van der Waals surface area contributed by atoms with Crippen molar-refractivity contribution < 1.29 is 23.9 Å². The van der Waals surface area contributed by atoms with Gasteiger partial charge in [0.15, 0.2) is 5.72 Å². The Morgan fingerprint density at radius 2 is 1.92 bits per heavy atom. The lowest BCUT2D eigenvalue weighted by Gasteiger charge is -2.40. The van der Waals surface area contributed by atoms with Gasteiger partial charge >= 0.3 is 0 Å². The molecular formula is C16H24N4O5. The number of ketones is 2. The average molecular weight is 352 g/mol. The molecule has 0 aromatic rings. The molecule has 3 aliphatic rings. The number of nitrogens with two attached hydrogens (primary N) is 3. The second kappa shape index (κ2) is 6.95. The molecule has 2 heterocycles. The van der Waals surface area contributed by atoms with Crippen LogP contribution in [0.3, 0.4) is 0 Å². The van der Waals surface area contributed by atoms with Crippen LogP contribution < -0.4 is 17.2 Å². The van der Waals surface area contributed by atoms with E-state index in [-0.39, 0.29) is 41.9 Å². The molecule has 138 valence electrons. The first-order valence-corrected chi connectivity index (χ1v) is 7.85. The van der Waals surface area contributed by atoms with Gasteiger partial charge in [0.2, 0.25) is 18.0 Å². The molecule has 1 saturated heterocycles. The molecule has 0 unspecified atom stereocenters. The molecule has 0 saturated carbocycles. The third-order valence-corrected chi connectivity index (χ3v) is 5.10. The van der Waals surface area contributed by atoms with Crippen molar-refractivity contribution in [3.8, 4) is 0 Å². The van der Waals surface area contributed by atoms with Gasteiger partial charge < -0.3 is 31.6 Å². The zero-order chi connectivity index (χ0) is 18.9. The molecule has 25 heavy (non-hydrogen) atoms. The Balaban J connectivity index is 0.000000701. The minimum atomic E-state index is -0.920. The highest BCUT2D eigenvalue weighted by molar-refractivity contribution is 6.25. The normalized spacial score (nSPS) is 31.0. The number of carbonyl (C=O) groups is 3. The van der Waals surface area contributed by atoms with Crippen molar-refractivity contribution in [2.24, 2.45) is 23.1 Å². The number of nitrogens with zero attached hydrogens (tertiary/aromatic N) is 1. The maximum Gasteiger partial charge on any atom is 0.207 e. The molecule has 3 atom stereocenters. The molecule has 2 aliphatic heterocycles. The van der Waals surface area contributed by atoms with Gasteiger partial charge in [-0.25, -0.2) is 0 Å². The second-order valence-corrected chi connectivity index (χ2v) is 6.11. The highest BCUT2D eigenvalue weighted by Crippen LogP contribution is 2.51. The van der Waals surface area contributed by atoms with Crippen LogP contribution in [0.1, 0.15) is 13.3 Å². The summed E-state index contributed by atoms with van der Waals surface area (Å²) < 4.78 is 11.1. The predicted octanol–water partition coefficient (Wildman–Crippen LogP) is -1.62. The molecule has 1 fully saturated rings. The van der Waals surface area contributed by atoms with Gasteiger partial charge in [-0.3, -0.25) is 14.4 Å². The fourth-order valence-corrected chi connectivity index (χ4v) is 4.00. The van der Waals surface area contributed by atoms with E-state index in [0.717, 1.165) is 0 Å². The van der Waals surface area contributed by atoms with Crippen molar-refractivity contribution in [3.63, 3.8) is 0 Å². The van der Waals surface area contributed by atoms with E-state index in [2.05, 4.69) is 5.73 Å². The summed E-state index contributed by atoms with van der Waals surface area (Å²) >= 11 is 0. The monoisotopic (exact) mass is 352 g/mol. The molecule has 1 amide bonds. The summed E-state index contributed by atoms with van der Waals surface area (Å²) in [7, 11) is 3.10. The zero-order valence-corrected chi connectivity index (χ0v) is 14.6. The summed E-state index contributed by atoms with van der Waals surface area (Å²) in [5.41, 5.74) is 16.4. The first-order valence-electron chi connectivity index (χ1n) is 7.85. The molecule has 0 bridgehead atoms. The number of ether oxygens (including phenoxy) is 2. The largest absolute Gasteiger partial charge is 0.395 e. The van der Waals surface area contributed by atoms with Gasteiger partial charge in [-0.15, -0.1) is 0 Å². The van der Waals surface area contributed by atoms with Gasteiger partial charge in [0.05, 0.1) is 30.0 Å². The number of hydrogen-bond acceptors (Lipinski definition) is 8. The number of methoxy groups -OCH3 is 2. The number of rotatable bonds is 3. The van der Waals surface area contributed by atoms with Gasteiger partial charge in [0.25, 0.3) is 0 Å². The van der Waals surface area contributed by atoms with E-state index in [0.29, 0.717) is 24.2 Å². The Kier molecular flexibility index (Phi) is 5.31. The van der Waals surface area contributed by atoms with E-state index >= 15 is 0 Å². The van der Waals surface area contributed by atoms with E-state index in [1.54, 1.807) is 21.1 Å². The van der Waals surface area contributed by atoms with Crippen molar-refractivity contribution >= 4 is 18.0 Å². The van der Waals surface area contributed by atoms with Gasteiger partial charge in [-0.05, 0) is 13.3 Å². The molecule has 3 rings (SSSR count). The summed E-state index contributed by atoms with van der Waals surface area (Å²) in [5.74, 6) is -0.966.